The molecule has 0 saturated heterocycles. The van der Waals surface area contributed by atoms with Crippen LogP contribution in [0.1, 0.15) is 48.9 Å². The van der Waals surface area contributed by atoms with E-state index in [9.17, 15) is 5.11 Å². The molecule has 19 heavy (non-hydrogen) atoms. The molecule has 1 aromatic carbocycles. The van der Waals surface area contributed by atoms with Gasteiger partial charge in [0.15, 0.2) is 0 Å². The summed E-state index contributed by atoms with van der Waals surface area (Å²) in [6, 6.07) is 8.34. The smallest absolute Gasteiger partial charge is 0.108 e. The van der Waals surface area contributed by atoms with Crippen molar-refractivity contribution in [2.24, 2.45) is 0 Å². The van der Waals surface area contributed by atoms with E-state index in [0.29, 0.717) is 0 Å². The highest BCUT2D eigenvalue weighted by molar-refractivity contribution is 5.32. The number of aliphatic hydroxyl groups is 1. The summed E-state index contributed by atoms with van der Waals surface area (Å²) in [5.41, 5.74) is 2.36. The van der Waals surface area contributed by atoms with Gasteiger partial charge in [-0.25, -0.2) is 4.98 Å². The van der Waals surface area contributed by atoms with Crippen molar-refractivity contribution in [2.45, 2.75) is 44.8 Å². The molecule has 0 spiro atoms. The second-order valence-corrected chi connectivity index (χ2v) is 5.25. The fourth-order valence-corrected chi connectivity index (χ4v) is 3.07. The Balaban J connectivity index is 1.93. The van der Waals surface area contributed by atoms with Crippen LogP contribution in [0.3, 0.4) is 0 Å². The van der Waals surface area contributed by atoms with Crippen LogP contribution in [0.2, 0.25) is 0 Å². The molecule has 0 bridgehead atoms. The lowest BCUT2D eigenvalue weighted by Crippen LogP contribution is -2.24. The summed E-state index contributed by atoms with van der Waals surface area (Å²) in [5, 5.41) is 10.6. The molecule has 3 nitrogen and oxygen atoms in total. The molecular formula is C16H20N2O. The second-order valence-electron chi connectivity index (χ2n) is 5.25. The van der Waals surface area contributed by atoms with Crippen LogP contribution in [0.5, 0.6) is 0 Å². The van der Waals surface area contributed by atoms with Gasteiger partial charge in [-0.05, 0) is 30.4 Å². The lowest BCUT2D eigenvalue weighted by Gasteiger charge is -2.32. The number of aryl methyl sites for hydroxylation is 2. The Morgan fingerprint density at radius 2 is 2.21 bits per heavy atom. The Bertz CT molecular complexity index is 561. The molecule has 0 amide bonds. The number of aromatic nitrogens is 2. The molecule has 100 valence electrons. The summed E-state index contributed by atoms with van der Waals surface area (Å²) in [5.74, 6) is 1.09. The van der Waals surface area contributed by atoms with Gasteiger partial charge in [-0.15, -0.1) is 0 Å². The normalized spacial score (nSPS) is 22.2. The van der Waals surface area contributed by atoms with Crippen molar-refractivity contribution in [2.75, 3.05) is 0 Å². The minimum atomic E-state index is -0.422. The number of hydrogen-bond acceptors (Lipinski definition) is 2. The highest BCUT2D eigenvalue weighted by Gasteiger charge is 2.29. The van der Waals surface area contributed by atoms with Gasteiger partial charge in [0.25, 0.3) is 0 Å². The predicted octanol–water partition coefficient (Wildman–Crippen LogP) is 3.06. The highest BCUT2D eigenvalue weighted by atomic mass is 16.3. The summed E-state index contributed by atoms with van der Waals surface area (Å²) in [4.78, 5) is 4.42. The zero-order valence-corrected chi connectivity index (χ0v) is 11.3. The first-order valence-corrected chi connectivity index (χ1v) is 7.09. The number of aliphatic hydroxyl groups excluding tert-OH is 1. The van der Waals surface area contributed by atoms with Gasteiger partial charge in [0, 0.05) is 18.8 Å². The zero-order chi connectivity index (χ0) is 13.2. The van der Waals surface area contributed by atoms with Crippen LogP contribution in [0.4, 0.5) is 0 Å². The summed E-state index contributed by atoms with van der Waals surface area (Å²) in [7, 11) is 0. The van der Waals surface area contributed by atoms with Crippen molar-refractivity contribution in [3.8, 4) is 0 Å². The van der Waals surface area contributed by atoms with E-state index >= 15 is 0 Å². The molecular weight excluding hydrogens is 236 g/mol. The van der Waals surface area contributed by atoms with Gasteiger partial charge >= 0.3 is 0 Å². The molecule has 1 aliphatic rings. The van der Waals surface area contributed by atoms with Gasteiger partial charge in [-0.2, -0.15) is 0 Å². The maximum atomic E-state index is 10.6. The quantitative estimate of drug-likeness (QED) is 0.916. The van der Waals surface area contributed by atoms with E-state index in [0.717, 1.165) is 37.1 Å². The van der Waals surface area contributed by atoms with Gasteiger partial charge < -0.3 is 9.67 Å². The Hall–Kier alpha value is -1.61. The number of hydrogen-bond donors (Lipinski definition) is 1. The SMILES string of the molecule is CCCc1nccn1C1CCc2ccccc2C1O. The Kier molecular flexibility index (Phi) is 3.38. The fraction of sp³-hybridized carbons (Fsp3) is 0.438. The topological polar surface area (TPSA) is 38.0 Å². The third-order valence-electron chi connectivity index (χ3n) is 4.03. The lowest BCUT2D eigenvalue weighted by molar-refractivity contribution is 0.0972. The monoisotopic (exact) mass is 256 g/mol. The van der Waals surface area contributed by atoms with Gasteiger partial charge in [0.2, 0.25) is 0 Å². The molecule has 1 aliphatic carbocycles. The molecule has 0 fully saturated rings. The number of nitrogens with zero attached hydrogens (tertiary/aromatic N) is 2. The van der Waals surface area contributed by atoms with E-state index in [1.807, 2.05) is 30.6 Å². The predicted molar refractivity (Wildman–Crippen MR) is 75.0 cm³/mol. The van der Waals surface area contributed by atoms with Crippen molar-refractivity contribution in [3.63, 3.8) is 0 Å². The summed E-state index contributed by atoms with van der Waals surface area (Å²) in [6.07, 6.45) is 7.49. The average molecular weight is 256 g/mol. The molecule has 2 atom stereocenters. The maximum absolute atomic E-state index is 10.6. The molecule has 0 aliphatic heterocycles. The number of rotatable bonds is 3. The van der Waals surface area contributed by atoms with E-state index in [4.69, 9.17) is 0 Å². The Morgan fingerprint density at radius 1 is 1.37 bits per heavy atom. The van der Waals surface area contributed by atoms with E-state index in [1.165, 1.54) is 5.56 Å². The molecule has 0 radical (unpaired) electrons. The van der Waals surface area contributed by atoms with Crippen LogP contribution in [-0.4, -0.2) is 14.7 Å². The molecule has 3 rings (SSSR count). The van der Waals surface area contributed by atoms with Crippen molar-refractivity contribution in [1.29, 1.82) is 0 Å². The first-order valence-electron chi connectivity index (χ1n) is 7.09. The molecule has 2 aromatic rings. The molecule has 2 unspecified atom stereocenters. The van der Waals surface area contributed by atoms with Gasteiger partial charge in [-0.1, -0.05) is 31.2 Å². The molecule has 1 aromatic heterocycles. The van der Waals surface area contributed by atoms with Gasteiger partial charge in [-0.3, -0.25) is 0 Å². The van der Waals surface area contributed by atoms with Crippen LogP contribution in [-0.2, 0) is 12.8 Å². The number of fused-ring (bicyclic) bond motifs is 1. The minimum Gasteiger partial charge on any atom is -0.386 e. The molecule has 1 N–H and O–H groups in total. The van der Waals surface area contributed by atoms with Crippen molar-refractivity contribution >= 4 is 0 Å². The Labute approximate surface area is 113 Å². The van der Waals surface area contributed by atoms with E-state index in [2.05, 4.69) is 22.5 Å². The molecule has 3 heteroatoms. The van der Waals surface area contributed by atoms with Gasteiger partial charge in [0.05, 0.1) is 12.1 Å². The van der Waals surface area contributed by atoms with E-state index in [1.54, 1.807) is 0 Å². The third-order valence-corrected chi connectivity index (χ3v) is 4.03. The lowest BCUT2D eigenvalue weighted by atomic mass is 9.85. The summed E-state index contributed by atoms with van der Waals surface area (Å²) >= 11 is 0. The highest BCUT2D eigenvalue weighted by Crippen LogP contribution is 2.37. The number of benzene rings is 1. The minimum absolute atomic E-state index is 0.124. The van der Waals surface area contributed by atoms with Crippen LogP contribution in [0.15, 0.2) is 36.7 Å². The van der Waals surface area contributed by atoms with Crippen LogP contribution in [0.25, 0.3) is 0 Å². The van der Waals surface area contributed by atoms with Crippen molar-refractivity contribution in [1.82, 2.24) is 9.55 Å². The molecule has 0 saturated carbocycles. The maximum Gasteiger partial charge on any atom is 0.108 e. The first kappa shape index (κ1) is 12.4. The van der Waals surface area contributed by atoms with Gasteiger partial charge in [0.1, 0.15) is 5.82 Å². The summed E-state index contributed by atoms with van der Waals surface area (Å²) in [6.45, 7) is 2.16. The van der Waals surface area contributed by atoms with E-state index in [-0.39, 0.29) is 6.04 Å². The number of imidazole rings is 1. The largest absolute Gasteiger partial charge is 0.386 e. The van der Waals surface area contributed by atoms with Crippen LogP contribution >= 0.6 is 0 Å². The van der Waals surface area contributed by atoms with Crippen molar-refractivity contribution in [3.05, 3.63) is 53.6 Å². The Morgan fingerprint density at radius 3 is 3.05 bits per heavy atom. The average Bonchev–Trinajstić information content (AvgIpc) is 2.88. The standard InChI is InChI=1S/C16H20N2O/c1-2-5-15-17-10-11-18(15)14-9-8-12-6-3-4-7-13(12)16(14)19/h3-4,6-7,10-11,14,16,19H,2,5,8-9H2,1H3. The van der Waals surface area contributed by atoms with E-state index < -0.39 is 6.10 Å². The molecule has 1 heterocycles. The van der Waals surface area contributed by atoms with Crippen LogP contribution < -0.4 is 0 Å². The van der Waals surface area contributed by atoms with Crippen molar-refractivity contribution < 1.29 is 5.11 Å². The second kappa shape index (κ2) is 5.17. The summed E-state index contributed by atoms with van der Waals surface area (Å²) < 4.78 is 2.17. The first-order chi connectivity index (χ1) is 9.31. The fourth-order valence-electron chi connectivity index (χ4n) is 3.07. The van der Waals surface area contributed by atoms with Crippen LogP contribution in [0, 0.1) is 0 Å². The zero-order valence-electron chi connectivity index (χ0n) is 11.3. The third kappa shape index (κ3) is 2.19.